The quantitative estimate of drug-likeness (QED) is 0.729. The van der Waals surface area contributed by atoms with Gasteiger partial charge in [-0.2, -0.15) is 5.26 Å². The van der Waals surface area contributed by atoms with Gasteiger partial charge < -0.3 is 19.5 Å². The maximum absolute atomic E-state index is 12.5. The maximum atomic E-state index is 12.5. The fraction of sp³-hybridized carbons (Fsp3) is 0.444. The molecule has 2 amide bonds. The molecular formula is C18H18N3O5-. The van der Waals surface area contributed by atoms with Gasteiger partial charge in [-0.1, -0.05) is 12.1 Å². The van der Waals surface area contributed by atoms with Crippen LogP contribution in [0.5, 0.6) is 0 Å². The number of piperidine rings is 1. The molecule has 0 bridgehead atoms. The van der Waals surface area contributed by atoms with Crippen LogP contribution in [-0.4, -0.2) is 59.5 Å². The van der Waals surface area contributed by atoms with Crippen LogP contribution in [0.1, 0.15) is 24.0 Å². The third kappa shape index (κ3) is 3.77. The molecule has 3 rings (SSSR count). The fourth-order valence-electron chi connectivity index (χ4n) is 3.38. The molecule has 2 heterocycles. The summed E-state index contributed by atoms with van der Waals surface area (Å²) in [6.45, 7) is 0.614. The van der Waals surface area contributed by atoms with Gasteiger partial charge in [0.1, 0.15) is 5.60 Å². The topological polar surface area (TPSA) is 114 Å². The van der Waals surface area contributed by atoms with Crippen LogP contribution in [0.25, 0.3) is 0 Å². The van der Waals surface area contributed by atoms with E-state index in [1.807, 2.05) is 6.07 Å². The Kier molecular flexibility index (Phi) is 4.80. The average Bonchev–Trinajstić information content (AvgIpc) is 2.90. The third-order valence-corrected chi connectivity index (χ3v) is 4.83. The van der Waals surface area contributed by atoms with Gasteiger partial charge >= 0.3 is 6.09 Å². The summed E-state index contributed by atoms with van der Waals surface area (Å²) >= 11 is 0. The Morgan fingerprint density at radius 1 is 1.23 bits per heavy atom. The molecule has 0 saturated carbocycles. The average molecular weight is 356 g/mol. The second-order valence-electron chi connectivity index (χ2n) is 6.65. The molecule has 26 heavy (non-hydrogen) atoms. The minimum Gasteiger partial charge on any atom is -0.548 e. The molecule has 0 atom stereocenters. The molecule has 2 fully saturated rings. The van der Waals surface area contributed by atoms with E-state index in [4.69, 9.17) is 10.00 Å². The largest absolute Gasteiger partial charge is 0.548 e. The molecule has 0 aliphatic carbocycles. The van der Waals surface area contributed by atoms with Gasteiger partial charge in [0.2, 0.25) is 5.91 Å². The van der Waals surface area contributed by atoms with Crippen molar-refractivity contribution in [3.8, 4) is 6.07 Å². The van der Waals surface area contributed by atoms with Crippen molar-refractivity contribution in [3.63, 3.8) is 0 Å². The Bertz CT molecular complexity index is 760. The van der Waals surface area contributed by atoms with Crippen molar-refractivity contribution >= 4 is 18.0 Å². The zero-order valence-corrected chi connectivity index (χ0v) is 14.1. The number of carbonyl (C=O) groups excluding carboxylic acids is 3. The molecule has 2 aliphatic rings. The number of carbonyl (C=O) groups is 3. The van der Waals surface area contributed by atoms with Gasteiger partial charge in [-0.3, -0.25) is 9.69 Å². The highest BCUT2D eigenvalue weighted by Crippen LogP contribution is 2.33. The number of amides is 2. The predicted molar refractivity (Wildman–Crippen MR) is 86.5 cm³/mol. The summed E-state index contributed by atoms with van der Waals surface area (Å²) in [4.78, 5) is 37.8. The number of ether oxygens (including phenoxy) is 1. The van der Waals surface area contributed by atoms with E-state index in [1.165, 1.54) is 0 Å². The summed E-state index contributed by atoms with van der Waals surface area (Å²) in [5.74, 6) is -1.35. The Hall–Kier alpha value is -3.08. The SMILES string of the molecule is N#Cc1ccc(CC(=O)N2CCC3(CC2)CN(CC(=O)[O-])C(=O)O3)cc1. The van der Waals surface area contributed by atoms with Crippen molar-refractivity contribution in [3.05, 3.63) is 35.4 Å². The number of nitriles is 1. The normalized spacial score (nSPS) is 18.5. The molecule has 136 valence electrons. The van der Waals surface area contributed by atoms with Gasteiger partial charge in [-0.15, -0.1) is 0 Å². The smallest absolute Gasteiger partial charge is 0.410 e. The predicted octanol–water partition coefficient (Wildman–Crippen LogP) is -0.336. The minimum atomic E-state index is -1.32. The Labute approximate surface area is 150 Å². The molecule has 2 saturated heterocycles. The van der Waals surface area contributed by atoms with Crippen LogP contribution in [-0.2, 0) is 20.7 Å². The van der Waals surface area contributed by atoms with Gasteiger partial charge in [0.25, 0.3) is 0 Å². The van der Waals surface area contributed by atoms with Crippen LogP contribution in [0, 0.1) is 11.3 Å². The monoisotopic (exact) mass is 356 g/mol. The molecule has 1 aromatic rings. The van der Waals surface area contributed by atoms with Gasteiger partial charge in [-0.25, -0.2) is 4.79 Å². The van der Waals surface area contributed by atoms with E-state index < -0.39 is 24.2 Å². The van der Waals surface area contributed by atoms with Crippen LogP contribution < -0.4 is 5.11 Å². The molecule has 0 N–H and O–H groups in total. The van der Waals surface area contributed by atoms with Crippen molar-refractivity contribution < 1.29 is 24.2 Å². The second-order valence-corrected chi connectivity index (χ2v) is 6.65. The first-order chi connectivity index (χ1) is 12.4. The van der Waals surface area contributed by atoms with E-state index in [0.717, 1.165) is 10.5 Å². The number of likely N-dealkylation sites (tertiary alicyclic amines) is 1. The Morgan fingerprint density at radius 3 is 2.46 bits per heavy atom. The third-order valence-electron chi connectivity index (χ3n) is 4.83. The van der Waals surface area contributed by atoms with Crippen LogP contribution >= 0.6 is 0 Å². The summed E-state index contributed by atoms with van der Waals surface area (Å²) in [6, 6.07) is 8.92. The highest BCUT2D eigenvalue weighted by atomic mass is 16.6. The van der Waals surface area contributed by atoms with E-state index in [2.05, 4.69) is 0 Å². The zero-order chi connectivity index (χ0) is 18.7. The van der Waals surface area contributed by atoms with Crippen molar-refractivity contribution in [2.75, 3.05) is 26.2 Å². The molecule has 8 heteroatoms. The summed E-state index contributed by atoms with van der Waals surface area (Å²) in [7, 11) is 0. The molecule has 1 spiro atoms. The van der Waals surface area contributed by atoms with E-state index in [9.17, 15) is 19.5 Å². The van der Waals surface area contributed by atoms with Crippen LogP contribution in [0.15, 0.2) is 24.3 Å². The standard InChI is InChI=1S/C18H19N3O5/c19-10-14-3-1-13(2-4-14)9-15(22)20-7-5-18(6-8-20)12-21(11-16(23)24)17(25)26-18/h1-4H,5-9,11-12H2,(H,23,24)/p-1. The van der Waals surface area contributed by atoms with Gasteiger partial charge in [0, 0.05) is 25.9 Å². The van der Waals surface area contributed by atoms with Gasteiger partial charge in [-0.05, 0) is 17.7 Å². The van der Waals surface area contributed by atoms with Crippen LogP contribution in [0.3, 0.4) is 0 Å². The second kappa shape index (κ2) is 7.04. The van der Waals surface area contributed by atoms with Crippen LogP contribution in [0.2, 0.25) is 0 Å². The van der Waals surface area contributed by atoms with Crippen molar-refractivity contribution in [1.82, 2.24) is 9.80 Å². The lowest BCUT2D eigenvalue weighted by molar-refractivity contribution is -0.305. The Morgan fingerprint density at radius 2 is 1.88 bits per heavy atom. The molecule has 8 nitrogen and oxygen atoms in total. The van der Waals surface area contributed by atoms with Gasteiger partial charge in [0.15, 0.2) is 0 Å². The van der Waals surface area contributed by atoms with Crippen molar-refractivity contribution in [2.45, 2.75) is 24.9 Å². The number of aliphatic carboxylic acids is 1. The summed E-state index contributed by atoms with van der Waals surface area (Å²) in [5, 5.41) is 19.5. The van der Waals surface area contributed by atoms with Crippen molar-refractivity contribution in [1.29, 1.82) is 5.26 Å². The fourth-order valence-corrected chi connectivity index (χ4v) is 3.38. The highest BCUT2D eigenvalue weighted by Gasteiger charge is 2.47. The summed E-state index contributed by atoms with van der Waals surface area (Å²) < 4.78 is 5.40. The summed E-state index contributed by atoms with van der Waals surface area (Å²) in [5.41, 5.74) is 0.657. The van der Waals surface area contributed by atoms with Gasteiger partial charge in [0.05, 0.1) is 37.1 Å². The number of carboxylic acids is 1. The van der Waals surface area contributed by atoms with E-state index in [0.29, 0.717) is 31.5 Å². The minimum absolute atomic E-state index is 0.0273. The molecular weight excluding hydrogens is 338 g/mol. The first-order valence-electron chi connectivity index (χ1n) is 8.35. The van der Waals surface area contributed by atoms with E-state index in [-0.39, 0.29) is 18.9 Å². The lowest BCUT2D eigenvalue weighted by Gasteiger charge is -2.37. The summed E-state index contributed by atoms with van der Waals surface area (Å²) in [6.07, 6.45) is 0.546. The molecule has 2 aliphatic heterocycles. The number of hydrogen-bond acceptors (Lipinski definition) is 6. The number of rotatable bonds is 4. The maximum Gasteiger partial charge on any atom is 0.410 e. The zero-order valence-electron chi connectivity index (χ0n) is 14.1. The first-order valence-corrected chi connectivity index (χ1v) is 8.35. The van der Waals surface area contributed by atoms with E-state index in [1.54, 1.807) is 29.2 Å². The molecule has 0 unspecified atom stereocenters. The number of hydrogen-bond donors (Lipinski definition) is 0. The molecule has 1 aromatic carbocycles. The molecule has 0 radical (unpaired) electrons. The lowest BCUT2D eigenvalue weighted by Crippen LogP contribution is -2.49. The van der Waals surface area contributed by atoms with E-state index >= 15 is 0 Å². The van der Waals surface area contributed by atoms with Crippen molar-refractivity contribution in [2.24, 2.45) is 0 Å². The lowest BCUT2D eigenvalue weighted by atomic mass is 9.91. The number of benzene rings is 1. The molecule has 0 aromatic heterocycles. The number of nitrogens with zero attached hydrogens (tertiary/aromatic N) is 3. The number of carboxylic acid groups (broad SMARTS) is 1. The first kappa shape index (κ1) is 17.7. The highest BCUT2D eigenvalue weighted by molar-refractivity contribution is 5.79. The Balaban J connectivity index is 1.54. The van der Waals surface area contributed by atoms with Crippen LogP contribution in [0.4, 0.5) is 4.79 Å².